The van der Waals surface area contributed by atoms with E-state index in [1.807, 2.05) is 0 Å². The Labute approximate surface area is 112 Å². The average molecular weight is 252 g/mol. The third kappa shape index (κ3) is 6.23. The summed E-state index contributed by atoms with van der Waals surface area (Å²) >= 11 is 0. The predicted molar refractivity (Wildman–Crippen MR) is 75.4 cm³/mol. The SMILES string of the molecule is C=CC(=O)OC1CCCC(CCCCCCC)C1. The molecule has 0 saturated heterocycles. The van der Waals surface area contributed by atoms with Crippen molar-refractivity contribution in [3.8, 4) is 0 Å². The largest absolute Gasteiger partial charge is 0.459 e. The van der Waals surface area contributed by atoms with Crippen LogP contribution in [0, 0.1) is 5.92 Å². The van der Waals surface area contributed by atoms with Crippen molar-refractivity contribution in [1.82, 2.24) is 0 Å². The molecule has 2 atom stereocenters. The van der Waals surface area contributed by atoms with Gasteiger partial charge in [0.2, 0.25) is 0 Å². The van der Waals surface area contributed by atoms with Crippen molar-refractivity contribution in [3.05, 3.63) is 12.7 Å². The zero-order valence-electron chi connectivity index (χ0n) is 11.8. The third-order valence-electron chi connectivity index (χ3n) is 3.90. The quantitative estimate of drug-likeness (QED) is 0.357. The maximum Gasteiger partial charge on any atom is 0.330 e. The molecule has 0 spiro atoms. The lowest BCUT2D eigenvalue weighted by molar-refractivity contribution is -0.145. The van der Waals surface area contributed by atoms with Crippen LogP contribution in [-0.2, 0) is 9.53 Å². The summed E-state index contributed by atoms with van der Waals surface area (Å²) in [5, 5.41) is 0. The Kier molecular flexibility index (Phi) is 7.79. The molecule has 2 heteroatoms. The Bertz CT molecular complexity index is 247. The van der Waals surface area contributed by atoms with Crippen LogP contribution in [0.5, 0.6) is 0 Å². The molecule has 2 unspecified atom stereocenters. The van der Waals surface area contributed by atoms with Crippen LogP contribution >= 0.6 is 0 Å². The third-order valence-corrected chi connectivity index (χ3v) is 3.90. The molecule has 1 aliphatic rings. The lowest BCUT2D eigenvalue weighted by atomic mass is 9.84. The first-order valence-electron chi connectivity index (χ1n) is 7.59. The van der Waals surface area contributed by atoms with Gasteiger partial charge in [0.05, 0.1) is 0 Å². The fourth-order valence-corrected chi connectivity index (χ4v) is 2.86. The Hall–Kier alpha value is -0.790. The second-order valence-corrected chi connectivity index (χ2v) is 5.50. The highest BCUT2D eigenvalue weighted by atomic mass is 16.5. The maximum absolute atomic E-state index is 11.2. The topological polar surface area (TPSA) is 26.3 Å². The molecule has 0 heterocycles. The Morgan fingerprint density at radius 3 is 2.78 bits per heavy atom. The Morgan fingerprint density at radius 2 is 2.06 bits per heavy atom. The summed E-state index contributed by atoms with van der Waals surface area (Å²) in [6, 6.07) is 0. The minimum absolute atomic E-state index is 0.143. The zero-order chi connectivity index (χ0) is 13.2. The van der Waals surface area contributed by atoms with Crippen molar-refractivity contribution < 1.29 is 9.53 Å². The van der Waals surface area contributed by atoms with Gasteiger partial charge in [-0.25, -0.2) is 4.79 Å². The first-order valence-corrected chi connectivity index (χ1v) is 7.59. The van der Waals surface area contributed by atoms with E-state index < -0.39 is 0 Å². The second-order valence-electron chi connectivity index (χ2n) is 5.50. The summed E-state index contributed by atoms with van der Waals surface area (Å²) in [5.74, 6) is 0.506. The summed E-state index contributed by atoms with van der Waals surface area (Å²) in [6.45, 7) is 5.70. The van der Waals surface area contributed by atoms with Crippen LogP contribution in [0.4, 0.5) is 0 Å². The number of hydrogen-bond acceptors (Lipinski definition) is 2. The highest BCUT2D eigenvalue weighted by Gasteiger charge is 2.23. The van der Waals surface area contributed by atoms with E-state index in [1.54, 1.807) is 0 Å². The van der Waals surface area contributed by atoms with Gasteiger partial charge in [0.1, 0.15) is 6.10 Å². The highest BCUT2D eigenvalue weighted by Crippen LogP contribution is 2.30. The van der Waals surface area contributed by atoms with Gasteiger partial charge in [-0.2, -0.15) is 0 Å². The Balaban J connectivity index is 2.14. The van der Waals surface area contributed by atoms with Gasteiger partial charge < -0.3 is 4.74 Å². The molecule has 18 heavy (non-hydrogen) atoms. The lowest BCUT2D eigenvalue weighted by Crippen LogP contribution is -2.24. The van der Waals surface area contributed by atoms with Crippen molar-refractivity contribution in [1.29, 1.82) is 0 Å². The molecule has 0 radical (unpaired) electrons. The van der Waals surface area contributed by atoms with Gasteiger partial charge in [-0.15, -0.1) is 0 Å². The lowest BCUT2D eigenvalue weighted by Gasteiger charge is -2.28. The maximum atomic E-state index is 11.2. The van der Waals surface area contributed by atoms with E-state index in [4.69, 9.17) is 4.74 Å². The van der Waals surface area contributed by atoms with Crippen LogP contribution in [0.3, 0.4) is 0 Å². The molecule has 0 N–H and O–H groups in total. The average Bonchev–Trinajstić information content (AvgIpc) is 2.39. The fourth-order valence-electron chi connectivity index (χ4n) is 2.86. The van der Waals surface area contributed by atoms with E-state index in [0.29, 0.717) is 0 Å². The van der Waals surface area contributed by atoms with E-state index in [9.17, 15) is 4.79 Å². The molecular weight excluding hydrogens is 224 g/mol. The minimum atomic E-state index is -0.261. The van der Waals surface area contributed by atoms with Gasteiger partial charge in [0.15, 0.2) is 0 Å². The second kappa shape index (κ2) is 9.18. The number of carbonyl (C=O) groups is 1. The number of carbonyl (C=O) groups excluding carboxylic acids is 1. The normalized spacial score (nSPS) is 23.6. The van der Waals surface area contributed by atoms with Crippen LogP contribution in [0.1, 0.15) is 71.1 Å². The highest BCUT2D eigenvalue weighted by molar-refractivity contribution is 5.81. The van der Waals surface area contributed by atoms with Crippen LogP contribution in [0.15, 0.2) is 12.7 Å². The number of hydrogen-bond donors (Lipinski definition) is 0. The molecule has 0 aromatic rings. The molecule has 104 valence electrons. The van der Waals surface area contributed by atoms with E-state index in [-0.39, 0.29) is 12.1 Å². The molecule has 0 bridgehead atoms. The van der Waals surface area contributed by atoms with Crippen molar-refractivity contribution in [3.63, 3.8) is 0 Å². The number of ether oxygens (including phenoxy) is 1. The molecule has 1 rings (SSSR count). The van der Waals surface area contributed by atoms with Crippen LogP contribution in [-0.4, -0.2) is 12.1 Å². The smallest absolute Gasteiger partial charge is 0.330 e. The molecular formula is C16H28O2. The van der Waals surface area contributed by atoms with Crippen molar-refractivity contribution >= 4 is 5.97 Å². The van der Waals surface area contributed by atoms with Gasteiger partial charge >= 0.3 is 5.97 Å². The number of esters is 1. The van der Waals surface area contributed by atoms with Crippen LogP contribution in [0.2, 0.25) is 0 Å². The first-order chi connectivity index (χ1) is 8.76. The van der Waals surface area contributed by atoms with Crippen LogP contribution < -0.4 is 0 Å². The molecule has 1 fully saturated rings. The predicted octanol–water partition coefficient (Wildman–Crippen LogP) is 4.63. The number of rotatable bonds is 8. The van der Waals surface area contributed by atoms with Gasteiger partial charge in [-0.05, 0) is 25.2 Å². The summed E-state index contributed by atoms with van der Waals surface area (Å²) in [7, 11) is 0. The van der Waals surface area contributed by atoms with E-state index >= 15 is 0 Å². The minimum Gasteiger partial charge on any atom is -0.459 e. The molecule has 0 amide bonds. The van der Waals surface area contributed by atoms with Gasteiger partial charge in [-0.3, -0.25) is 0 Å². The number of unbranched alkanes of at least 4 members (excludes halogenated alkanes) is 4. The fraction of sp³-hybridized carbons (Fsp3) is 0.812. The summed E-state index contributed by atoms with van der Waals surface area (Å²) in [4.78, 5) is 11.2. The Morgan fingerprint density at radius 1 is 1.28 bits per heavy atom. The molecule has 1 aliphatic carbocycles. The molecule has 0 aromatic heterocycles. The van der Waals surface area contributed by atoms with Gasteiger partial charge in [0.25, 0.3) is 0 Å². The summed E-state index contributed by atoms with van der Waals surface area (Å²) < 4.78 is 5.36. The van der Waals surface area contributed by atoms with Crippen molar-refractivity contribution in [2.45, 2.75) is 77.2 Å². The van der Waals surface area contributed by atoms with Crippen LogP contribution in [0.25, 0.3) is 0 Å². The molecule has 0 aliphatic heterocycles. The summed E-state index contributed by atoms with van der Waals surface area (Å²) in [6.07, 6.45) is 14.1. The summed E-state index contributed by atoms with van der Waals surface area (Å²) in [5.41, 5.74) is 0. The van der Waals surface area contributed by atoms with E-state index in [2.05, 4.69) is 13.5 Å². The monoisotopic (exact) mass is 252 g/mol. The van der Waals surface area contributed by atoms with Gasteiger partial charge in [-0.1, -0.05) is 58.4 Å². The molecule has 1 saturated carbocycles. The zero-order valence-corrected chi connectivity index (χ0v) is 11.8. The molecule has 0 aromatic carbocycles. The van der Waals surface area contributed by atoms with Gasteiger partial charge in [0, 0.05) is 6.08 Å². The first kappa shape index (κ1) is 15.3. The van der Waals surface area contributed by atoms with Crippen molar-refractivity contribution in [2.24, 2.45) is 5.92 Å². The van der Waals surface area contributed by atoms with Crippen molar-refractivity contribution in [2.75, 3.05) is 0 Å². The van der Waals surface area contributed by atoms with E-state index in [1.165, 1.54) is 57.4 Å². The van der Waals surface area contributed by atoms with E-state index in [0.717, 1.165) is 18.8 Å². The standard InChI is InChI=1S/C16H28O2/c1-3-5-6-7-8-10-14-11-9-12-15(13-14)18-16(17)4-2/h4,14-15H,2-3,5-13H2,1H3. The molecule has 2 nitrogen and oxygen atoms in total.